The van der Waals surface area contributed by atoms with E-state index in [0.29, 0.717) is 0 Å². The minimum absolute atomic E-state index is 0.902. The fourth-order valence-electron chi connectivity index (χ4n) is 2.09. The zero-order valence-corrected chi connectivity index (χ0v) is 13.2. The van der Waals surface area contributed by atoms with Crippen LogP contribution in [0.1, 0.15) is 29.2 Å². The molecule has 1 N–H and O–H groups in total. The molecule has 0 unspecified atom stereocenters. The average molecular weight is 286 g/mol. The molecule has 0 aliphatic rings. The summed E-state index contributed by atoms with van der Waals surface area (Å²) in [6, 6.07) is 2.03. The van der Waals surface area contributed by atoms with Crippen molar-refractivity contribution in [1.82, 2.24) is 0 Å². The lowest BCUT2D eigenvalue weighted by Gasteiger charge is -2.13. The molecule has 0 saturated heterocycles. The molecule has 21 heavy (non-hydrogen) atoms. The van der Waals surface area contributed by atoms with Crippen LogP contribution in [0.25, 0.3) is 6.08 Å². The molecule has 0 amide bonds. The van der Waals surface area contributed by atoms with Crippen LogP contribution >= 0.6 is 0 Å². The largest absolute Gasteiger partial charge is 0.496 e. The van der Waals surface area contributed by atoms with Crippen molar-refractivity contribution < 1.29 is 14.6 Å². The van der Waals surface area contributed by atoms with E-state index in [1.807, 2.05) is 26.0 Å². The summed E-state index contributed by atoms with van der Waals surface area (Å²) in [4.78, 5) is 10.4. The third kappa shape index (κ3) is 4.63. The highest BCUT2D eigenvalue weighted by Gasteiger charge is 2.08. The highest BCUT2D eigenvalue weighted by molar-refractivity contribution is 5.80. The molecule has 0 atom stereocenters. The summed E-state index contributed by atoms with van der Waals surface area (Å²) in [6.07, 6.45) is 8.45. The van der Waals surface area contributed by atoms with Crippen LogP contribution in [0, 0.1) is 20.8 Å². The van der Waals surface area contributed by atoms with E-state index < -0.39 is 5.97 Å². The standard InChI is InChI=1S/C18H22O3/c1-12(7-6-8-18(19)20)9-10-16-13(2)11-17(21-5)15(4)14(16)3/h6-11H,1-5H3,(H,19,20). The molecule has 0 aromatic heterocycles. The van der Waals surface area contributed by atoms with E-state index in [-0.39, 0.29) is 0 Å². The van der Waals surface area contributed by atoms with Gasteiger partial charge >= 0.3 is 5.97 Å². The minimum Gasteiger partial charge on any atom is -0.496 e. The summed E-state index contributed by atoms with van der Waals surface area (Å²) >= 11 is 0. The lowest BCUT2D eigenvalue weighted by Crippen LogP contribution is -1.95. The maximum absolute atomic E-state index is 10.4. The lowest BCUT2D eigenvalue weighted by atomic mass is 9.96. The number of aryl methyl sites for hydroxylation is 1. The number of methoxy groups -OCH3 is 1. The minimum atomic E-state index is -0.944. The van der Waals surface area contributed by atoms with Gasteiger partial charge in [0.15, 0.2) is 0 Å². The predicted molar refractivity (Wildman–Crippen MR) is 86.8 cm³/mol. The van der Waals surface area contributed by atoms with E-state index in [0.717, 1.165) is 28.5 Å². The SMILES string of the molecule is COc1cc(C)c(C=CC(C)=CC=CC(=O)O)c(C)c1C. The molecule has 0 fully saturated rings. The predicted octanol–water partition coefficient (Wildman–Crippen LogP) is 4.22. The summed E-state index contributed by atoms with van der Waals surface area (Å²) in [5, 5.41) is 8.54. The number of rotatable bonds is 5. The number of carboxylic acids is 1. The Morgan fingerprint density at radius 3 is 2.43 bits per heavy atom. The average Bonchev–Trinajstić information content (AvgIpc) is 2.42. The molecule has 1 rings (SSSR count). The molecule has 112 valence electrons. The Morgan fingerprint density at radius 1 is 1.19 bits per heavy atom. The van der Waals surface area contributed by atoms with E-state index in [2.05, 4.69) is 19.9 Å². The number of allylic oxidation sites excluding steroid dienone is 4. The maximum Gasteiger partial charge on any atom is 0.328 e. The van der Waals surface area contributed by atoms with Gasteiger partial charge in [-0.2, -0.15) is 0 Å². The van der Waals surface area contributed by atoms with Crippen LogP contribution in [0.5, 0.6) is 5.75 Å². The van der Waals surface area contributed by atoms with Gasteiger partial charge in [-0.3, -0.25) is 0 Å². The number of ether oxygens (including phenoxy) is 1. The molecule has 1 aromatic carbocycles. The summed E-state index contributed by atoms with van der Waals surface area (Å²) in [5.74, 6) is -0.0423. The van der Waals surface area contributed by atoms with Gasteiger partial charge in [0.2, 0.25) is 0 Å². The van der Waals surface area contributed by atoms with Crippen LogP contribution in [-0.4, -0.2) is 18.2 Å². The normalized spacial score (nSPS) is 12.3. The summed E-state index contributed by atoms with van der Waals surface area (Å²) < 4.78 is 5.36. The molecular weight excluding hydrogens is 264 g/mol. The Balaban J connectivity index is 3.06. The van der Waals surface area contributed by atoms with Crippen molar-refractivity contribution in [3.63, 3.8) is 0 Å². The number of benzene rings is 1. The van der Waals surface area contributed by atoms with Crippen LogP contribution in [0.2, 0.25) is 0 Å². The molecule has 0 bridgehead atoms. The molecule has 0 aliphatic carbocycles. The van der Waals surface area contributed by atoms with Crippen molar-refractivity contribution in [2.45, 2.75) is 27.7 Å². The Hall–Kier alpha value is -2.29. The van der Waals surface area contributed by atoms with Gasteiger partial charge in [0.25, 0.3) is 0 Å². The van der Waals surface area contributed by atoms with Gasteiger partial charge in [-0.05, 0) is 56.0 Å². The van der Waals surface area contributed by atoms with E-state index in [1.165, 1.54) is 17.2 Å². The molecule has 0 saturated carbocycles. The van der Waals surface area contributed by atoms with Crippen molar-refractivity contribution in [2.75, 3.05) is 7.11 Å². The Bertz CT molecular complexity index is 620. The van der Waals surface area contributed by atoms with Crippen molar-refractivity contribution in [3.8, 4) is 5.75 Å². The zero-order chi connectivity index (χ0) is 16.0. The van der Waals surface area contributed by atoms with Crippen LogP contribution in [0.15, 0.2) is 35.9 Å². The number of carboxylic acid groups (broad SMARTS) is 1. The van der Waals surface area contributed by atoms with Crippen molar-refractivity contribution in [2.24, 2.45) is 0 Å². The van der Waals surface area contributed by atoms with E-state index >= 15 is 0 Å². The topological polar surface area (TPSA) is 46.5 Å². The number of aliphatic carboxylic acids is 1. The second-order valence-corrected chi connectivity index (χ2v) is 5.00. The smallest absolute Gasteiger partial charge is 0.328 e. The number of hydrogen-bond donors (Lipinski definition) is 1. The van der Waals surface area contributed by atoms with Gasteiger partial charge in [0.1, 0.15) is 5.75 Å². The quantitative estimate of drug-likeness (QED) is 0.651. The van der Waals surface area contributed by atoms with E-state index in [1.54, 1.807) is 13.2 Å². The third-order valence-corrected chi connectivity index (χ3v) is 3.44. The second-order valence-electron chi connectivity index (χ2n) is 5.00. The second kappa shape index (κ2) is 7.48. The molecule has 1 aromatic rings. The maximum atomic E-state index is 10.4. The lowest BCUT2D eigenvalue weighted by molar-refractivity contribution is -0.131. The summed E-state index contributed by atoms with van der Waals surface area (Å²) in [5.41, 5.74) is 5.63. The Kier molecular flexibility index (Phi) is 5.97. The van der Waals surface area contributed by atoms with Gasteiger partial charge in [0, 0.05) is 6.08 Å². The van der Waals surface area contributed by atoms with Crippen molar-refractivity contribution >= 4 is 12.0 Å². The summed E-state index contributed by atoms with van der Waals surface area (Å²) in [6.45, 7) is 8.11. The van der Waals surface area contributed by atoms with Gasteiger partial charge in [0.05, 0.1) is 7.11 Å². The molecule has 0 spiro atoms. The van der Waals surface area contributed by atoms with Gasteiger partial charge < -0.3 is 9.84 Å². The molecule has 0 aliphatic heterocycles. The first kappa shape index (κ1) is 16.8. The molecule has 3 nitrogen and oxygen atoms in total. The van der Waals surface area contributed by atoms with Crippen molar-refractivity contribution in [1.29, 1.82) is 0 Å². The van der Waals surface area contributed by atoms with Gasteiger partial charge in [-0.1, -0.05) is 29.9 Å². The fourth-order valence-corrected chi connectivity index (χ4v) is 2.09. The van der Waals surface area contributed by atoms with Crippen molar-refractivity contribution in [3.05, 3.63) is 58.2 Å². The van der Waals surface area contributed by atoms with Crippen LogP contribution in [0.3, 0.4) is 0 Å². The number of carbonyl (C=O) groups is 1. The van der Waals surface area contributed by atoms with Crippen LogP contribution < -0.4 is 4.74 Å². The molecule has 3 heteroatoms. The number of hydrogen-bond acceptors (Lipinski definition) is 2. The Labute approximate surface area is 126 Å². The first-order valence-electron chi connectivity index (χ1n) is 6.77. The van der Waals surface area contributed by atoms with Crippen LogP contribution in [-0.2, 0) is 4.79 Å². The third-order valence-electron chi connectivity index (χ3n) is 3.44. The van der Waals surface area contributed by atoms with E-state index in [9.17, 15) is 4.79 Å². The fraction of sp³-hybridized carbons (Fsp3) is 0.278. The summed E-state index contributed by atoms with van der Waals surface area (Å²) in [7, 11) is 1.68. The van der Waals surface area contributed by atoms with E-state index in [4.69, 9.17) is 9.84 Å². The zero-order valence-electron chi connectivity index (χ0n) is 13.2. The highest BCUT2D eigenvalue weighted by Crippen LogP contribution is 2.28. The first-order valence-corrected chi connectivity index (χ1v) is 6.77. The Morgan fingerprint density at radius 2 is 1.86 bits per heavy atom. The van der Waals surface area contributed by atoms with Gasteiger partial charge in [-0.25, -0.2) is 4.79 Å². The molecule has 0 heterocycles. The molecular formula is C18H22O3. The van der Waals surface area contributed by atoms with Gasteiger partial charge in [-0.15, -0.1) is 0 Å². The first-order chi connectivity index (χ1) is 9.86. The highest BCUT2D eigenvalue weighted by atomic mass is 16.5. The molecule has 0 radical (unpaired) electrons. The monoisotopic (exact) mass is 286 g/mol. The van der Waals surface area contributed by atoms with Crippen LogP contribution in [0.4, 0.5) is 0 Å².